The summed E-state index contributed by atoms with van der Waals surface area (Å²) in [5.41, 5.74) is 8.70. The molecule has 0 radical (unpaired) electrons. The second-order valence-electron chi connectivity index (χ2n) is 5.05. The number of nitrogens with one attached hydrogen (secondary N) is 1. The van der Waals surface area contributed by atoms with Gasteiger partial charge in [0, 0.05) is 18.8 Å². The van der Waals surface area contributed by atoms with Crippen LogP contribution in [0.1, 0.15) is 31.4 Å². The van der Waals surface area contributed by atoms with Gasteiger partial charge in [-0.3, -0.25) is 9.78 Å². The number of hydrogen-bond acceptors (Lipinski definition) is 3. The summed E-state index contributed by atoms with van der Waals surface area (Å²) >= 11 is 0. The Morgan fingerprint density at radius 1 is 1.17 bits per heavy atom. The summed E-state index contributed by atoms with van der Waals surface area (Å²) in [4.78, 5) is 15.8. The first-order chi connectivity index (χ1) is 10.2. The molecule has 23 heavy (non-hydrogen) atoms. The topological polar surface area (TPSA) is 68.0 Å². The highest BCUT2D eigenvalue weighted by Crippen LogP contribution is 2.21. The number of benzene rings is 1. The Hall–Kier alpha value is -1.62. The summed E-state index contributed by atoms with van der Waals surface area (Å²) in [6.45, 7) is 2.53. The monoisotopic (exact) mass is 355 g/mol. The highest BCUT2D eigenvalue weighted by Gasteiger charge is 2.09. The van der Waals surface area contributed by atoms with Gasteiger partial charge in [-0.05, 0) is 42.6 Å². The second kappa shape index (κ2) is 11.0. The second-order valence-corrected chi connectivity index (χ2v) is 5.05. The van der Waals surface area contributed by atoms with E-state index in [1.54, 1.807) is 6.20 Å². The van der Waals surface area contributed by atoms with Crippen LogP contribution in [-0.4, -0.2) is 17.4 Å². The quantitative estimate of drug-likeness (QED) is 0.832. The number of nitrogens with two attached hydrogens (primary N) is 1. The van der Waals surface area contributed by atoms with Crippen LogP contribution in [0, 0.1) is 0 Å². The molecule has 4 nitrogen and oxygen atoms in total. The van der Waals surface area contributed by atoms with Gasteiger partial charge in [-0.1, -0.05) is 30.3 Å². The van der Waals surface area contributed by atoms with Crippen LogP contribution < -0.4 is 11.1 Å². The number of hydrogen-bond donors (Lipinski definition) is 2. The van der Waals surface area contributed by atoms with Gasteiger partial charge in [0.2, 0.25) is 5.91 Å². The smallest absolute Gasteiger partial charge is 0.220 e. The van der Waals surface area contributed by atoms with E-state index in [9.17, 15) is 4.79 Å². The van der Waals surface area contributed by atoms with Crippen molar-refractivity contribution >= 4 is 30.7 Å². The number of carbonyl (C=O) groups excluding carboxylic acids is 1. The normalized spacial score (nSPS) is 10.9. The van der Waals surface area contributed by atoms with Gasteiger partial charge >= 0.3 is 0 Å². The minimum absolute atomic E-state index is 0. The van der Waals surface area contributed by atoms with E-state index in [0.29, 0.717) is 13.0 Å². The Kier molecular flexibility index (Phi) is 10.2. The molecule has 1 amide bonds. The Balaban J connectivity index is 0.00000242. The van der Waals surface area contributed by atoms with Crippen molar-refractivity contribution in [3.05, 3.63) is 54.4 Å². The van der Waals surface area contributed by atoms with E-state index in [2.05, 4.69) is 22.4 Å². The molecule has 1 aromatic carbocycles. The molecule has 2 rings (SSSR count). The average Bonchev–Trinajstić information content (AvgIpc) is 2.54. The zero-order chi connectivity index (χ0) is 15.1. The maximum Gasteiger partial charge on any atom is 0.220 e. The molecule has 0 fully saturated rings. The first-order valence-corrected chi connectivity index (χ1v) is 7.20. The summed E-state index contributed by atoms with van der Waals surface area (Å²) in [5, 5.41) is 2.98. The molecule has 0 aliphatic carbocycles. The Bertz CT molecular complexity index is 576. The average molecular weight is 356 g/mol. The van der Waals surface area contributed by atoms with E-state index in [4.69, 9.17) is 5.73 Å². The molecule has 3 N–H and O–H groups in total. The summed E-state index contributed by atoms with van der Waals surface area (Å²) in [6.07, 6.45) is 4.80. The fourth-order valence-corrected chi connectivity index (χ4v) is 2.16. The van der Waals surface area contributed by atoms with Gasteiger partial charge in [-0.15, -0.1) is 24.8 Å². The third-order valence-electron chi connectivity index (χ3n) is 3.39. The summed E-state index contributed by atoms with van der Waals surface area (Å²) < 4.78 is 0. The molecular formula is C17H23Cl2N3O. The largest absolute Gasteiger partial charge is 0.350 e. The Morgan fingerprint density at radius 3 is 2.43 bits per heavy atom. The molecule has 126 valence electrons. The number of carbonyl (C=O) groups is 1. The van der Waals surface area contributed by atoms with Crippen LogP contribution in [0.3, 0.4) is 0 Å². The zero-order valence-electron chi connectivity index (χ0n) is 13.1. The van der Waals surface area contributed by atoms with Crippen molar-refractivity contribution in [2.45, 2.75) is 25.8 Å². The summed E-state index contributed by atoms with van der Waals surface area (Å²) in [7, 11) is 0. The summed E-state index contributed by atoms with van der Waals surface area (Å²) in [5.74, 6) is 0.0456. The van der Waals surface area contributed by atoms with Gasteiger partial charge in [0.25, 0.3) is 0 Å². The Morgan fingerprint density at radius 2 is 1.87 bits per heavy atom. The molecule has 1 unspecified atom stereocenters. The maximum absolute atomic E-state index is 11.7. The molecule has 0 aliphatic rings. The minimum Gasteiger partial charge on any atom is -0.350 e. The number of halogens is 2. The maximum atomic E-state index is 11.7. The van der Waals surface area contributed by atoms with Crippen LogP contribution >= 0.6 is 24.8 Å². The van der Waals surface area contributed by atoms with E-state index in [0.717, 1.165) is 23.1 Å². The fourth-order valence-electron chi connectivity index (χ4n) is 2.16. The van der Waals surface area contributed by atoms with Crippen LogP contribution in [0.2, 0.25) is 0 Å². The lowest BCUT2D eigenvalue weighted by atomic mass is 10.0. The minimum atomic E-state index is -0.00165. The fraction of sp³-hybridized carbons (Fsp3) is 0.294. The van der Waals surface area contributed by atoms with Crippen molar-refractivity contribution in [2.24, 2.45) is 5.73 Å². The third-order valence-corrected chi connectivity index (χ3v) is 3.39. The number of nitrogens with zero attached hydrogens (tertiary/aromatic N) is 1. The van der Waals surface area contributed by atoms with E-state index in [1.165, 1.54) is 0 Å². The van der Waals surface area contributed by atoms with Crippen LogP contribution in [0.25, 0.3) is 11.1 Å². The van der Waals surface area contributed by atoms with Crippen LogP contribution in [-0.2, 0) is 4.79 Å². The van der Waals surface area contributed by atoms with Crippen molar-refractivity contribution in [3.8, 4) is 11.1 Å². The predicted octanol–water partition coefficient (Wildman–Crippen LogP) is 3.51. The summed E-state index contributed by atoms with van der Waals surface area (Å²) in [6, 6.07) is 12.1. The Labute approximate surface area is 149 Å². The van der Waals surface area contributed by atoms with Gasteiger partial charge in [-0.2, -0.15) is 0 Å². The number of pyridine rings is 1. The lowest BCUT2D eigenvalue weighted by Gasteiger charge is -2.15. The van der Waals surface area contributed by atoms with E-state index in [-0.39, 0.29) is 36.8 Å². The molecule has 1 atom stereocenters. The molecule has 0 bridgehead atoms. The van der Waals surface area contributed by atoms with Crippen LogP contribution in [0.15, 0.2) is 48.8 Å². The number of rotatable bonds is 6. The first-order valence-electron chi connectivity index (χ1n) is 7.20. The van der Waals surface area contributed by atoms with Crippen molar-refractivity contribution < 1.29 is 4.79 Å². The number of amides is 1. The van der Waals surface area contributed by atoms with Crippen molar-refractivity contribution in [1.29, 1.82) is 0 Å². The van der Waals surface area contributed by atoms with Crippen molar-refractivity contribution in [2.75, 3.05) is 6.54 Å². The van der Waals surface area contributed by atoms with E-state index in [1.807, 2.05) is 37.4 Å². The predicted molar refractivity (Wildman–Crippen MR) is 99.0 cm³/mol. The van der Waals surface area contributed by atoms with Crippen LogP contribution in [0.4, 0.5) is 0 Å². The van der Waals surface area contributed by atoms with Gasteiger partial charge in [0.05, 0.1) is 6.04 Å². The van der Waals surface area contributed by atoms with Gasteiger partial charge in [0.15, 0.2) is 0 Å². The number of aromatic nitrogens is 1. The molecule has 0 aliphatic heterocycles. The SMILES string of the molecule is CC(NC(=O)CCCN)c1ccc(-c2cccnc2)cc1.Cl.Cl. The molecule has 0 saturated carbocycles. The molecule has 1 heterocycles. The molecule has 0 spiro atoms. The molecule has 2 aromatic rings. The highest BCUT2D eigenvalue weighted by molar-refractivity contribution is 5.85. The first kappa shape index (κ1) is 21.4. The molecular weight excluding hydrogens is 333 g/mol. The molecule has 0 saturated heterocycles. The highest BCUT2D eigenvalue weighted by atomic mass is 35.5. The lowest BCUT2D eigenvalue weighted by molar-refractivity contribution is -0.121. The lowest BCUT2D eigenvalue weighted by Crippen LogP contribution is -2.26. The van der Waals surface area contributed by atoms with Gasteiger partial charge < -0.3 is 11.1 Å². The van der Waals surface area contributed by atoms with Gasteiger partial charge in [0.1, 0.15) is 0 Å². The van der Waals surface area contributed by atoms with E-state index < -0.39 is 0 Å². The van der Waals surface area contributed by atoms with Gasteiger partial charge in [-0.25, -0.2) is 0 Å². The molecule has 6 heteroatoms. The van der Waals surface area contributed by atoms with Crippen molar-refractivity contribution in [1.82, 2.24) is 10.3 Å². The van der Waals surface area contributed by atoms with E-state index >= 15 is 0 Å². The third kappa shape index (κ3) is 6.57. The zero-order valence-corrected chi connectivity index (χ0v) is 14.7. The molecule has 1 aromatic heterocycles. The standard InChI is InChI=1S/C17H21N3O.2ClH/c1-13(20-17(21)5-2-10-18)14-6-8-15(9-7-14)16-4-3-11-19-12-16;;/h3-4,6-9,11-13H,2,5,10,18H2,1H3,(H,20,21);2*1H. The van der Waals surface area contributed by atoms with Crippen LogP contribution in [0.5, 0.6) is 0 Å². The van der Waals surface area contributed by atoms with Crippen molar-refractivity contribution in [3.63, 3.8) is 0 Å².